The predicted octanol–water partition coefficient (Wildman–Crippen LogP) is 7.34. The van der Waals surface area contributed by atoms with E-state index in [4.69, 9.17) is 4.74 Å². The van der Waals surface area contributed by atoms with E-state index in [1.165, 1.54) is 6.42 Å². The molecule has 0 saturated heterocycles. The zero-order valence-corrected chi connectivity index (χ0v) is 26.9. The van der Waals surface area contributed by atoms with Crippen molar-refractivity contribution in [3.63, 3.8) is 0 Å². The van der Waals surface area contributed by atoms with Gasteiger partial charge in [-0.05, 0) is 56.2 Å². The Bertz CT molecular complexity index is 1090. The Morgan fingerprint density at radius 3 is 2.02 bits per heavy atom. The highest BCUT2D eigenvalue weighted by Crippen LogP contribution is 2.26. The zero-order valence-electron chi connectivity index (χ0n) is 26.9. The van der Waals surface area contributed by atoms with Crippen molar-refractivity contribution in [1.29, 1.82) is 0 Å². The summed E-state index contributed by atoms with van der Waals surface area (Å²) in [6.07, 6.45) is 6.53. The minimum absolute atomic E-state index is 0.215. The second kappa shape index (κ2) is 17.6. The van der Waals surface area contributed by atoms with Crippen LogP contribution in [0.25, 0.3) is 0 Å². The van der Waals surface area contributed by atoms with E-state index < -0.39 is 23.8 Å². The number of alkyl carbamates (subject to hydrolysis) is 1. The average Bonchev–Trinajstić information content (AvgIpc) is 2.95. The largest absolute Gasteiger partial charge is 0.444 e. The molecular weight excluding hydrogens is 526 g/mol. The van der Waals surface area contributed by atoms with Gasteiger partial charge in [-0.1, -0.05) is 114 Å². The molecule has 0 radical (unpaired) electrons. The molecule has 0 fully saturated rings. The van der Waals surface area contributed by atoms with Gasteiger partial charge in [-0.25, -0.2) is 4.79 Å². The lowest BCUT2D eigenvalue weighted by Gasteiger charge is -2.35. The molecule has 2 atom stereocenters. The summed E-state index contributed by atoms with van der Waals surface area (Å²) in [6, 6.07) is 16.0. The first-order chi connectivity index (χ1) is 20.0. The van der Waals surface area contributed by atoms with Crippen LogP contribution in [0, 0.1) is 5.92 Å². The Morgan fingerprint density at radius 1 is 0.833 bits per heavy atom. The monoisotopic (exact) mass is 579 g/mol. The summed E-state index contributed by atoms with van der Waals surface area (Å²) in [5.74, 6) is -0.751. The lowest BCUT2D eigenvalue weighted by atomic mass is 9.97. The normalized spacial score (nSPS) is 12.9. The first-order valence-electron chi connectivity index (χ1n) is 15.7. The molecule has 7 heteroatoms. The van der Waals surface area contributed by atoms with E-state index in [1.807, 2.05) is 68.4 Å². The highest BCUT2D eigenvalue weighted by atomic mass is 16.6. The van der Waals surface area contributed by atoms with Gasteiger partial charge in [-0.15, -0.1) is 0 Å². The van der Waals surface area contributed by atoms with Gasteiger partial charge in [0.25, 0.3) is 0 Å². The molecule has 3 amide bonds. The topological polar surface area (TPSA) is 87.7 Å². The van der Waals surface area contributed by atoms with Crippen LogP contribution in [0.1, 0.15) is 110 Å². The van der Waals surface area contributed by atoms with Crippen molar-refractivity contribution in [3.05, 3.63) is 71.3 Å². The standard InChI is InChI=1S/C35H53N3O4/c1-8-10-11-12-13-17-24-38(33(40)30(26(3)4)37-34(41)42-35(5,6)7)31(29-22-20-27(9-2)21-23-29)32(39)36-25-28-18-15-14-16-19-28/h14-16,18-23,26,30-31H,8-13,17,24-25H2,1-7H3,(H,36,39)(H,37,41). The fourth-order valence-electron chi connectivity index (χ4n) is 4.85. The van der Waals surface area contributed by atoms with Gasteiger partial charge in [0.05, 0.1) is 0 Å². The summed E-state index contributed by atoms with van der Waals surface area (Å²) in [7, 11) is 0. The summed E-state index contributed by atoms with van der Waals surface area (Å²) in [4.78, 5) is 42.8. The fourth-order valence-corrected chi connectivity index (χ4v) is 4.85. The SMILES string of the molecule is CCCCCCCCN(C(=O)C(NC(=O)OC(C)(C)C)C(C)C)C(C(=O)NCc1ccccc1)c1ccc(CC)cc1. The van der Waals surface area contributed by atoms with Gasteiger partial charge in [-0.3, -0.25) is 9.59 Å². The van der Waals surface area contributed by atoms with Crippen LogP contribution >= 0.6 is 0 Å². The van der Waals surface area contributed by atoms with Crippen LogP contribution in [0.3, 0.4) is 0 Å². The number of nitrogens with one attached hydrogen (secondary N) is 2. The highest BCUT2D eigenvalue weighted by Gasteiger charge is 2.37. The molecule has 2 aromatic rings. The molecule has 0 aliphatic rings. The third kappa shape index (κ3) is 11.9. The summed E-state index contributed by atoms with van der Waals surface area (Å²) in [5, 5.41) is 5.88. The Hall–Kier alpha value is -3.35. The summed E-state index contributed by atoms with van der Waals surface area (Å²) < 4.78 is 5.49. The van der Waals surface area contributed by atoms with Crippen molar-refractivity contribution in [3.8, 4) is 0 Å². The fraction of sp³-hybridized carbons (Fsp3) is 0.571. The number of hydrogen-bond donors (Lipinski definition) is 2. The molecule has 2 aromatic carbocycles. The van der Waals surface area contributed by atoms with E-state index in [2.05, 4.69) is 24.5 Å². The molecule has 0 aliphatic carbocycles. The van der Waals surface area contributed by atoms with Crippen LogP contribution in [0.4, 0.5) is 4.79 Å². The number of carbonyl (C=O) groups excluding carboxylic acids is 3. The molecule has 0 saturated carbocycles. The smallest absolute Gasteiger partial charge is 0.408 e. The second-order valence-corrected chi connectivity index (χ2v) is 12.4. The number of nitrogens with zero attached hydrogens (tertiary/aromatic N) is 1. The van der Waals surface area contributed by atoms with E-state index in [0.717, 1.165) is 55.2 Å². The maximum Gasteiger partial charge on any atom is 0.408 e. The third-order valence-electron chi connectivity index (χ3n) is 7.21. The Morgan fingerprint density at radius 2 is 1.45 bits per heavy atom. The Balaban J connectivity index is 2.44. The first kappa shape index (κ1) is 34.8. The number of benzene rings is 2. The molecule has 0 heterocycles. The second-order valence-electron chi connectivity index (χ2n) is 12.4. The maximum absolute atomic E-state index is 14.3. The highest BCUT2D eigenvalue weighted by molar-refractivity contribution is 5.92. The van der Waals surface area contributed by atoms with Crippen LogP contribution < -0.4 is 10.6 Å². The third-order valence-corrected chi connectivity index (χ3v) is 7.21. The molecule has 232 valence electrons. The molecule has 42 heavy (non-hydrogen) atoms. The number of ether oxygens (including phenoxy) is 1. The number of hydrogen-bond acceptors (Lipinski definition) is 4. The van der Waals surface area contributed by atoms with Crippen molar-refractivity contribution in [1.82, 2.24) is 15.5 Å². The van der Waals surface area contributed by atoms with Crippen LogP contribution in [-0.2, 0) is 27.3 Å². The van der Waals surface area contributed by atoms with Gasteiger partial charge in [0.15, 0.2) is 0 Å². The minimum Gasteiger partial charge on any atom is -0.444 e. The quantitative estimate of drug-likeness (QED) is 0.204. The number of aryl methyl sites for hydroxylation is 1. The molecule has 0 spiro atoms. The van der Waals surface area contributed by atoms with Gasteiger partial charge < -0.3 is 20.3 Å². The molecule has 0 aromatic heterocycles. The van der Waals surface area contributed by atoms with Crippen LogP contribution in [0.15, 0.2) is 54.6 Å². The van der Waals surface area contributed by atoms with Gasteiger partial charge in [-0.2, -0.15) is 0 Å². The Labute approximate surface area is 253 Å². The van der Waals surface area contributed by atoms with E-state index in [-0.39, 0.29) is 17.7 Å². The van der Waals surface area contributed by atoms with Gasteiger partial charge in [0.1, 0.15) is 17.7 Å². The average molecular weight is 580 g/mol. The van der Waals surface area contributed by atoms with Crippen LogP contribution in [0.2, 0.25) is 0 Å². The molecule has 0 bridgehead atoms. The van der Waals surface area contributed by atoms with Crippen molar-refractivity contribution in [2.24, 2.45) is 5.92 Å². The van der Waals surface area contributed by atoms with Gasteiger partial charge in [0, 0.05) is 13.1 Å². The van der Waals surface area contributed by atoms with Crippen LogP contribution in [0.5, 0.6) is 0 Å². The van der Waals surface area contributed by atoms with E-state index in [0.29, 0.717) is 13.1 Å². The number of carbonyl (C=O) groups is 3. The lowest BCUT2D eigenvalue weighted by molar-refractivity contribution is -0.143. The molecule has 2 unspecified atom stereocenters. The molecule has 2 rings (SSSR count). The van der Waals surface area contributed by atoms with Crippen molar-refractivity contribution in [2.45, 2.75) is 118 Å². The first-order valence-corrected chi connectivity index (χ1v) is 15.7. The minimum atomic E-state index is -0.848. The number of rotatable bonds is 16. The summed E-state index contributed by atoms with van der Waals surface area (Å²) >= 11 is 0. The van der Waals surface area contributed by atoms with Crippen molar-refractivity contribution < 1.29 is 19.1 Å². The van der Waals surface area contributed by atoms with Crippen LogP contribution in [-0.4, -0.2) is 41.0 Å². The molecule has 7 nitrogen and oxygen atoms in total. The van der Waals surface area contributed by atoms with Crippen molar-refractivity contribution in [2.75, 3.05) is 6.54 Å². The Kier molecular flexibility index (Phi) is 14.6. The van der Waals surface area contributed by atoms with E-state index in [1.54, 1.807) is 25.7 Å². The molecule has 0 aliphatic heterocycles. The zero-order chi connectivity index (χ0) is 31.1. The molecular formula is C35H53N3O4. The van der Waals surface area contributed by atoms with E-state index in [9.17, 15) is 14.4 Å². The summed E-state index contributed by atoms with van der Waals surface area (Å²) in [6.45, 7) is 14.2. The van der Waals surface area contributed by atoms with Crippen molar-refractivity contribution >= 4 is 17.9 Å². The van der Waals surface area contributed by atoms with Gasteiger partial charge >= 0.3 is 6.09 Å². The molecule has 2 N–H and O–H groups in total. The summed E-state index contributed by atoms with van der Waals surface area (Å²) in [5.41, 5.74) is 2.18. The number of unbranched alkanes of at least 4 members (excludes halogenated alkanes) is 5. The predicted molar refractivity (Wildman–Crippen MR) is 170 cm³/mol. The maximum atomic E-state index is 14.3. The van der Waals surface area contributed by atoms with E-state index >= 15 is 0 Å². The lowest BCUT2D eigenvalue weighted by Crippen LogP contribution is -2.55. The number of amides is 3. The van der Waals surface area contributed by atoms with Gasteiger partial charge in [0.2, 0.25) is 11.8 Å².